The average molecular weight is 548 g/mol. The SMILES string of the molecule is CC(=O)c1ccc(-c2cccc3[nH]c(-c4n[nH]c5ccc(-c6cncc(CNCC7CCCC7)c6)nc45)nc23)s1. The van der Waals surface area contributed by atoms with E-state index >= 15 is 0 Å². The summed E-state index contributed by atoms with van der Waals surface area (Å²) in [5.41, 5.74) is 7.93. The Balaban J connectivity index is 1.20. The molecule has 1 aliphatic carbocycles. The number of nitrogens with one attached hydrogen (secondary N) is 3. The van der Waals surface area contributed by atoms with Gasteiger partial charge in [-0.05, 0) is 74.2 Å². The molecule has 5 heterocycles. The van der Waals surface area contributed by atoms with Crippen molar-refractivity contribution < 1.29 is 4.79 Å². The largest absolute Gasteiger partial charge is 0.336 e. The summed E-state index contributed by atoms with van der Waals surface area (Å²) in [5.74, 6) is 1.51. The quantitative estimate of drug-likeness (QED) is 0.181. The second kappa shape index (κ2) is 10.4. The highest BCUT2D eigenvalue weighted by atomic mass is 32.1. The Labute approximate surface area is 235 Å². The van der Waals surface area contributed by atoms with Gasteiger partial charge in [-0.2, -0.15) is 5.10 Å². The third-order valence-corrected chi connectivity index (χ3v) is 8.91. The monoisotopic (exact) mass is 547 g/mol. The summed E-state index contributed by atoms with van der Waals surface area (Å²) >= 11 is 1.48. The van der Waals surface area contributed by atoms with E-state index in [4.69, 9.17) is 9.97 Å². The summed E-state index contributed by atoms with van der Waals surface area (Å²) in [6, 6.07) is 16.0. The number of para-hydroxylation sites is 1. The fourth-order valence-corrected chi connectivity index (χ4v) is 6.53. The molecule has 3 N–H and O–H groups in total. The molecule has 0 aliphatic heterocycles. The zero-order valence-corrected chi connectivity index (χ0v) is 23.0. The topological polar surface area (TPSA) is 112 Å². The lowest BCUT2D eigenvalue weighted by Crippen LogP contribution is -2.20. The number of nitrogens with zero attached hydrogens (tertiary/aromatic N) is 4. The van der Waals surface area contributed by atoms with Gasteiger partial charge in [0.25, 0.3) is 0 Å². The Bertz CT molecular complexity index is 1840. The zero-order valence-electron chi connectivity index (χ0n) is 22.2. The molecule has 7 rings (SSSR count). The van der Waals surface area contributed by atoms with Crippen LogP contribution in [-0.4, -0.2) is 42.5 Å². The minimum absolute atomic E-state index is 0.0667. The molecule has 6 aromatic rings. The van der Waals surface area contributed by atoms with Crippen LogP contribution in [-0.2, 0) is 6.54 Å². The highest BCUT2D eigenvalue weighted by Gasteiger charge is 2.18. The lowest BCUT2D eigenvalue weighted by atomic mass is 10.1. The maximum Gasteiger partial charge on any atom is 0.169 e. The minimum atomic E-state index is 0.0667. The predicted octanol–water partition coefficient (Wildman–Crippen LogP) is 6.77. The Morgan fingerprint density at radius 3 is 2.77 bits per heavy atom. The number of pyridine rings is 2. The molecule has 200 valence electrons. The van der Waals surface area contributed by atoms with Gasteiger partial charge in [-0.25, -0.2) is 9.97 Å². The lowest BCUT2D eigenvalue weighted by molar-refractivity contribution is 0.102. The summed E-state index contributed by atoms with van der Waals surface area (Å²) in [7, 11) is 0. The van der Waals surface area contributed by atoms with Crippen molar-refractivity contribution >= 4 is 39.2 Å². The number of aromatic nitrogens is 6. The van der Waals surface area contributed by atoms with Gasteiger partial charge in [-0.15, -0.1) is 11.3 Å². The van der Waals surface area contributed by atoms with Crippen LogP contribution in [0.2, 0.25) is 0 Å². The van der Waals surface area contributed by atoms with Gasteiger partial charge in [0.05, 0.1) is 27.1 Å². The smallest absolute Gasteiger partial charge is 0.169 e. The van der Waals surface area contributed by atoms with Gasteiger partial charge >= 0.3 is 0 Å². The van der Waals surface area contributed by atoms with E-state index in [0.717, 1.165) is 73.2 Å². The molecule has 1 aliphatic rings. The Morgan fingerprint density at radius 2 is 1.93 bits per heavy atom. The Morgan fingerprint density at radius 1 is 1.02 bits per heavy atom. The number of carbonyl (C=O) groups excluding carboxylic acids is 1. The summed E-state index contributed by atoms with van der Waals surface area (Å²) < 4.78 is 0. The molecule has 1 aromatic carbocycles. The average Bonchev–Trinajstić information content (AvgIpc) is 3.78. The van der Waals surface area contributed by atoms with Crippen molar-refractivity contribution in [2.24, 2.45) is 5.92 Å². The normalized spacial score (nSPS) is 14.0. The molecule has 0 unspecified atom stereocenters. The van der Waals surface area contributed by atoms with Crippen molar-refractivity contribution in [1.29, 1.82) is 0 Å². The minimum Gasteiger partial charge on any atom is -0.336 e. The third kappa shape index (κ3) is 4.71. The molecule has 8 nitrogen and oxygen atoms in total. The molecule has 9 heteroatoms. The summed E-state index contributed by atoms with van der Waals surface area (Å²) in [5, 5.41) is 11.3. The number of thiophene rings is 1. The first kappa shape index (κ1) is 24.8. The zero-order chi connectivity index (χ0) is 27.1. The second-order valence-corrected chi connectivity index (χ2v) is 11.6. The lowest BCUT2D eigenvalue weighted by Gasteiger charge is -2.11. The van der Waals surface area contributed by atoms with E-state index in [1.54, 1.807) is 6.92 Å². The number of hydrogen-bond acceptors (Lipinski definition) is 7. The van der Waals surface area contributed by atoms with Crippen LogP contribution in [0, 0.1) is 5.92 Å². The highest BCUT2D eigenvalue weighted by Crippen LogP contribution is 2.35. The van der Waals surface area contributed by atoms with Gasteiger partial charge in [-0.3, -0.25) is 14.9 Å². The third-order valence-electron chi connectivity index (χ3n) is 7.69. The molecule has 40 heavy (non-hydrogen) atoms. The van der Waals surface area contributed by atoms with E-state index < -0.39 is 0 Å². The van der Waals surface area contributed by atoms with Gasteiger partial charge < -0.3 is 10.3 Å². The van der Waals surface area contributed by atoms with Crippen LogP contribution in [0.4, 0.5) is 0 Å². The molecule has 5 aromatic heterocycles. The first-order valence-electron chi connectivity index (χ1n) is 13.7. The molecule has 0 amide bonds. The number of fused-ring (bicyclic) bond motifs is 2. The maximum absolute atomic E-state index is 11.8. The number of H-pyrrole nitrogens is 2. The number of benzene rings is 1. The summed E-state index contributed by atoms with van der Waals surface area (Å²) in [6.45, 7) is 3.46. The molecule has 1 saturated carbocycles. The fraction of sp³-hybridized carbons (Fsp3) is 0.258. The van der Waals surface area contributed by atoms with E-state index in [1.807, 2.05) is 54.9 Å². The second-order valence-electron chi connectivity index (χ2n) is 10.5. The predicted molar refractivity (Wildman–Crippen MR) is 159 cm³/mol. The van der Waals surface area contributed by atoms with Crippen LogP contribution in [0.15, 0.2) is 60.9 Å². The number of rotatable bonds is 8. The number of aromatic amines is 2. The molecular weight excluding hydrogens is 518 g/mol. The van der Waals surface area contributed by atoms with Crippen LogP contribution in [0.25, 0.3) is 55.3 Å². The van der Waals surface area contributed by atoms with E-state index in [9.17, 15) is 4.79 Å². The van der Waals surface area contributed by atoms with E-state index in [0.29, 0.717) is 11.5 Å². The van der Waals surface area contributed by atoms with Crippen LogP contribution in [0.1, 0.15) is 47.8 Å². The highest BCUT2D eigenvalue weighted by molar-refractivity contribution is 7.17. The van der Waals surface area contributed by atoms with Crippen LogP contribution < -0.4 is 5.32 Å². The van der Waals surface area contributed by atoms with E-state index in [1.165, 1.54) is 37.0 Å². The number of Topliss-reactive ketones (excluding diaryl/α,β-unsaturated/α-hetero) is 1. The van der Waals surface area contributed by atoms with Crippen molar-refractivity contribution in [2.75, 3.05) is 6.54 Å². The van der Waals surface area contributed by atoms with Crippen LogP contribution in [0.3, 0.4) is 0 Å². The molecular formula is C31H29N7OS. The molecule has 0 radical (unpaired) electrons. The summed E-state index contributed by atoms with van der Waals surface area (Å²) in [6.07, 6.45) is 9.18. The molecule has 0 spiro atoms. The number of carbonyl (C=O) groups is 1. The van der Waals surface area contributed by atoms with E-state index in [2.05, 4.69) is 31.5 Å². The first-order valence-corrected chi connectivity index (χ1v) is 14.5. The fourth-order valence-electron chi connectivity index (χ4n) is 5.60. The van der Waals surface area contributed by atoms with Gasteiger partial charge in [0.15, 0.2) is 17.3 Å². The van der Waals surface area contributed by atoms with Crippen molar-refractivity contribution in [2.45, 2.75) is 39.2 Å². The number of imidazole rings is 1. The van der Waals surface area contributed by atoms with Crippen LogP contribution >= 0.6 is 11.3 Å². The molecule has 0 bridgehead atoms. The Hall–Kier alpha value is -4.21. The number of ketones is 1. The van der Waals surface area contributed by atoms with E-state index in [-0.39, 0.29) is 5.78 Å². The summed E-state index contributed by atoms with van der Waals surface area (Å²) in [4.78, 5) is 31.4. The van der Waals surface area contributed by atoms with Crippen molar-refractivity contribution in [3.05, 3.63) is 71.4 Å². The van der Waals surface area contributed by atoms with Gasteiger partial charge in [-0.1, -0.05) is 25.0 Å². The molecule has 1 fully saturated rings. The number of hydrogen-bond donors (Lipinski definition) is 3. The molecule has 0 saturated heterocycles. The maximum atomic E-state index is 11.8. The molecule has 0 atom stereocenters. The first-order chi connectivity index (χ1) is 19.6. The Kier molecular flexibility index (Phi) is 6.45. The van der Waals surface area contributed by atoms with Gasteiger partial charge in [0, 0.05) is 34.9 Å². The van der Waals surface area contributed by atoms with Gasteiger partial charge in [0.1, 0.15) is 5.52 Å². The van der Waals surface area contributed by atoms with Crippen molar-refractivity contribution in [3.63, 3.8) is 0 Å². The van der Waals surface area contributed by atoms with Crippen molar-refractivity contribution in [3.8, 4) is 33.2 Å². The standard InChI is InChI=1S/C31H29N7OS/c1-18(39)26-11-12-27(40-26)22-7-4-8-24-28(22)36-31(35-24)30-29-25(37-38-30)10-9-23(34-29)21-13-20(16-33-17-21)15-32-14-19-5-2-3-6-19/h4,7-13,16-17,19,32H,2-3,5-6,14-15H2,1H3,(H,35,36)(H,37,38). The van der Waals surface area contributed by atoms with Crippen molar-refractivity contribution in [1.82, 2.24) is 35.5 Å². The van der Waals surface area contributed by atoms with Gasteiger partial charge in [0.2, 0.25) is 0 Å². The van der Waals surface area contributed by atoms with Crippen LogP contribution in [0.5, 0.6) is 0 Å².